The zero-order chi connectivity index (χ0) is 13.6. The van der Waals surface area contributed by atoms with Gasteiger partial charge in [0, 0.05) is 14.2 Å². The van der Waals surface area contributed by atoms with Crippen molar-refractivity contribution < 1.29 is 55.1 Å². The number of methoxy groups -OCH3 is 2. The van der Waals surface area contributed by atoms with Crippen LogP contribution >= 0.6 is 0 Å². The average molecular weight is 272 g/mol. The van der Waals surface area contributed by atoms with Crippen LogP contribution in [0.2, 0.25) is 0 Å². The number of hydrogen-bond donors (Lipinski definition) is 0. The predicted octanol–water partition coefficient (Wildman–Crippen LogP) is -1.38. The van der Waals surface area contributed by atoms with Gasteiger partial charge in [0.15, 0.2) is 0 Å². The minimum atomic E-state index is -6.00. The van der Waals surface area contributed by atoms with Crippen LogP contribution in [0.1, 0.15) is 0 Å². The molecule has 0 N–H and O–H groups in total. The maximum atomic E-state index is 9.75. The second-order valence-electron chi connectivity index (χ2n) is 2.71. The van der Waals surface area contributed by atoms with Crippen LogP contribution in [0.3, 0.4) is 0 Å². The molecule has 0 atom stereocenters. The Hall–Kier alpha value is 0.222. The summed E-state index contributed by atoms with van der Waals surface area (Å²) < 4.78 is 58.9. The van der Waals surface area contributed by atoms with Crippen molar-refractivity contribution in [2.45, 2.75) is 0 Å². The zero-order valence-electron chi connectivity index (χ0n) is 11.0. The van der Waals surface area contributed by atoms with E-state index in [9.17, 15) is 17.3 Å². The van der Waals surface area contributed by atoms with Crippen molar-refractivity contribution in [2.24, 2.45) is 0 Å². The second kappa shape index (κ2) is 17.2. The summed E-state index contributed by atoms with van der Waals surface area (Å²) in [5.74, 6) is 0. The van der Waals surface area contributed by atoms with E-state index in [1.807, 2.05) is 0 Å². The minimum absolute atomic E-state index is 0. The van der Waals surface area contributed by atoms with Gasteiger partial charge in [0.25, 0.3) is 0 Å². The monoisotopic (exact) mass is 272 g/mol. The first kappa shape index (κ1) is 23.3. The summed E-state index contributed by atoms with van der Waals surface area (Å²) in [4.78, 5) is 0. The predicted molar refractivity (Wildman–Crippen MR) is 55.6 cm³/mol. The summed E-state index contributed by atoms with van der Waals surface area (Å²) in [7, 11) is -2.70. The Kier molecular flexibility index (Phi) is 22.3. The van der Waals surface area contributed by atoms with Gasteiger partial charge in [0.05, 0.1) is 39.6 Å². The molecule has 0 bridgehead atoms. The molecular formula is C8H18BF4LiO4. The molecule has 0 saturated carbocycles. The SMILES string of the molecule is COCCOCCOCCOC.F[B-](F)(F)F.[Li+]. The third kappa shape index (κ3) is 44.2. The summed E-state index contributed by atoms with van der Waals surface area (Å²) >= 11 is 0. The first-order valence-electron chi connectivity index (χ1n) is 4.92. The van der Waals surface area contributed by atoms with Gasteiger partial charge in [-0.1, -0.05) is 0 Å². The van der Waals surface area contributed by atoms with Gasteiger partial charge in [-0.25, -0.2) is 0 Å². The molecule has 0 aliphatic carbocycles. The molecule has 0 aromatic carbocycles. The van der Waals surface area contributed by atoms with E-state index in [0.717, 1.165) is 0 Å². The quantitative estimate of drug-likeness (QED) is 0.294. The largest absolute Gasteiger partial charge is 1.00 e. The van der Waals surface area contributed by atoms with Gasteiger partial charge in [0.1, 0.15) is 0 Å². The van der Waals surface area contributed by atoms with Crippen LogP contribution in [-0.2, 0) is 18.9 Å². The van der Waals surface area contributed by atoms with E-state index in [-0.39, 0.29) is 18.9 Å². The molecule has 18 heavy (non-hydrogen) atoms. The fourth-order valence-electron chi connectivity index (χ4n) is 0.606. The molecule has 0 aliphatic heterocycles. The normalized spacial score (nSPS) is 10.3. The van der Waals surface area contributed by atoms with E-state index < -0.39 is 7.25 Å². The fraction of sp³-hybridized carbons (Fsp3) is 1.00. The Morgan fingerprint density at radius 2 is 0.889 bits per heavy atom. The average Bonchev–Trinajstić information content (AvgIpc) is 2.20. The number of ether oxygens (including phenoxy) is 4. The van der Waals surface area contributed by atoms with Crippen LogP contribution in [-0.4, -0.2) is 61.1 Å². The van der Waals surface area contributed by atoms with Gasteiger partial charge in [-0.3, -0.25) is 0 Å². The van der Waals surface area contributed by atoms with Gasteiger partial charge in [-0.05, 0) is 0 Å². The van der Waals surface area contributed by atoms with Gasteiger partial charge in [0.2, 0.25) is 0 Å². The summed E-state index contributed by atoms with van der Waals surface area (Å²) in [6, 6.07) is 0. The standard InChI is InChI=1S/C8H18O4.BF4.Li/c1-9-3-5-11-7-8-12-6-4-10-2;2-1(3,4)5;/h3-8H2,1-2H3;;/q;-1;+1. The number of rotatable bonds is 9. The van der Waals surface area contributed by atoms with Gasteiger partial charge in [-0.2, -0.15) is 0 Å². The van der Waals surface area contributed by atoms with Gasteiger partial charge < -0.3 is 36.2 Å². The molecule has 0 unspecified atom stereocenters. The summed E-state index contributed by atoms with van der Waals surface area (Å²) in [5.41, 5.74) is 0. The van der Waals surface area contributed by atoms with Crippen molar-refractivity contribution in [3.05, 3.63) is 0 Å². The maximum absolute atomic E-state index is 9.75. The maximum Gasteiger partial charge on any atom is 1.00 e. The number of hydrogen-bond acceptors (Lipinski definition) is 4. The summed E-state index contributed by atoms with van der Waals surface area (Å²) in [6.07, 6.45) is 0. The van der Waals surface area contributed by atoms with Crippen LogP contribution in [0.25, 0.3) is 0 Å². The van der Waals surface area contributed by atoms with Crippen molar-refractivity contribution in [3.8, 4) is 0 Å². The Balaban J connectivity index is -0.000000321. The van der Waals surface area contributed by atoms with Gasteiger partial charge in [-0.15, -0.1) is 0 Å². The Bertz CT molecular complexity index is 138. The van der Waals surface area contributed by atoms with E-state index in [4.69, 9.17) is 18.9 Å². The third-order valence-electron chi connectivity index (χ3n) is 1.24. The smallest absolute Gasteiger partial charge is 0.418 e. The molecule has 0 fully saturated rings. The number of halogens is 4. The Morgan fingerprint density at radius 1 is 0.667 bits per heavy atom. The molecule has 0 aliphatic rings. The van der Waals surface area contributed by atoms with Crippen LogP contribution < -0.4 is 18.9 Å². The van der Waals surface area contributed by atoms with Gasteiger partial charge >= 0.3 is 26.1 Å². The Morgan fingerprint density at radius 3 is 1.11 bits per heavy atom. The van der Waals surface area contributed by atoms with Crippen molar-refractivity contribution in [3.63, 3.8) is 0 Å². The molecule has 0 aromatic rings. The van der Waals surface area contributed by atoms with Crippen LogP contribution in [0, 0.1) is 0 Å². The molecular weight excluding hydrogens is 254 g/mol. The molecule has 10 heteroatoms. The van der Waals surface area contributed by atoms with Crippen LogP contribution in [0.15, 0.2) is 0 Å². The molecule has 0 spiro atoms. The van der Waals surface area contributed by atoms with E-state index >= 15 is 0 Å². The first-order chi connectivity index (χ1) is 7.91. The third-order valence-corrected chi connectivity index (χ3v) is 1.24. The molecule has 0 radical (unpaired) electrons. The van der Waals surface area contributed by atoms with E-state index in [2.05, 4.69) is 0 Å². The van der Waals surface area contributed by atoms with Crippen molar-refractivity contribution >= 4 is 7.25 Å². The zero-order valence-corrected chi connectivity index (χ0v) is 11.0. The van der Waals surface area contributed by atoms with Crippen LogP contribution in [0.5, 0.6) is 0 Å². The molecule has 0 aromatic heterocycles. The molecule has 0 saturated heterocycles. The van der Waals surface area contributed by atoms with E-state index in [0.29, 0.717) is 39.6 Å². The molecule has 0 amide bonds. The molecule has 0 rings (SSSR count). The Labute approximate surface area is 117 Å². The fourth-order valence-corrected chi connectivity index (χ4v) is 0.606. The van der Waals surface area contributed by atoms with Crippen LogP contribution in [0.4, 0.5) is 17.3 Å². The molecule has 106 valence electrons. The first-order valence-corrected chi connectivity index (χ1v) is 4.92. The van der Waals surface area contributed by atoms with Crippen molar-refractivity contribution in [1.29, 1.82) is 0 Å². The molecule has 0 heterocycles. The molecule has 4 nitrogen and oxygen atoms in total. The summed E-state index contributed by atoms with van der Waals surface area (Å²) in [6.45, 7) is 3.77. The second-order valence-corrected chi connectivity index (χ2v) is 2.71. The van der Waals surface area contributed by atoms with Crippen molar-refractivity contribution in [2.75, 3.05) is 53.9 Å². The topological polar surface area (TPSA) is 36.9 Å². The summed E-state index contributed by atoms with van der Waals surface area (Å²) in [5, 5.41) is 0. The van der Waals surface area contributed by atoms with E-state index in [1.54, 1.807) is 14.2 Å². The van der Waals surface area contributed by atoms with Crippen molar-refractivity contribution in [1.82, 2.24) is 0 Å². The minimum Gasteiger partial charge on any atom is -0.418 e. The van der Waals surface area contributed by atoms with E-state index in [1.165, 1.54) is 0 Å².